The first-order chi connectivity index (χ1) is 9.99. The summed E-state index contributed by atoms with van der Waals surface area (Å²) < 4.78 is 13.6. The summed E-state index contributed by atoms with van der Waals surface area (Å²) >= 11 is 4.04. The van der Waals surface area contributed by atoms with Gasteiger partial charge in [0.05, 0.1) is 10.5 Å². The topological polar surface area (TPSA) is 72.2 Å². The summed E-state index contributed by atoms with van der Waals surface area (Å²) in [6, 6.07) is 9.91. The van der Waals surface area contributed by atoms with E-state index in [2.05, 4.69) is 17.9 Å². The van der Waals surface area contributed by atoms with Gasteiger partial charge in [-0.1, -0.05) is 18.2 Å². The number of carbonyl (C=O) groups is 1. The second kappa shape index (κ2) is 6.36. The number of rotatable bonds is 4. The molecular weight excluding hydrogens is 295 g/mol. The van der Waals surface area contributed by atoms with Crippen LogP contribution in [-0.4, -0.2) is 10.8 Å². The Bertz CT molecular complexity index is 706. The molecule has 1 amide bonds. The molecule has 0 aliphatic heterocycles. The fourth-order valence-electron chi connectivity index (χ4n) is 1.80. The van der Waals surface area contributed by atoms with Gasteiger partial charge in [0.1, 0.15) is 5.82 Å². The van der Waals surface area contributed by atoms with E-state index in [1.165, 1.54) is 30.3 Å². The van der Waals surface area contributed by atoms with E-state index in [0.717, 1.165) is 6.07 Å². The average Bonchev–Trinajstić information content (AvgIpc) is 2.47. The number of halogens is 1. The summed E-state index contributed by atoms with van der Waals surface area (Å²) in [4.78, 5) is 22.7. The zero-order chi connectivity index (χ0) is 15.4. The molecule has 7 heteroatoms. The van der Waals surface area contributed by atoms with Crippen LogP contribution in [0.15, 0.2) is 47.4 Å². The molecule has 1 N–H and O–H groups in total. The predicted molar refractivity (Wildman–Crippen MR) is 77.9 cm³/mol. The van der Waals surface area contributed by atoms with Crippen LogP contribution in [0, 0.1) is 15.9 Å². The minimum atomic E-state index is -0.673. The Hall–Kier alpha value is -2.41. The first kappa shape index (κ1) is 15.0. The van der Waals surface area contributed by atoms with Crippen LogP contribution in [0.4, 0.5) is 10.1 Å². The lowest BCUT2D eigenvalue weighted by molar-refractivity contribution is -0.385. The number of carbonyl (C=O) groups excluding carboxylic acids is 1. The molecule has 0 saturated carbocycles. The van der Waals surface area contributed by atoms with E-state index in [1.54, 1.807) is 6.07 Å². The number of benzene rings is 2. The second-order valence-corrected chi connectivity index (χ2v) is 4.75. The molecule has 0 bridgehead atoms. The predicted octanol–water partition coefficient (Wildman–Crippen LogP) is 2.95. The summed E-state index contributed by atoms with van der Waals surface area (Å²) in [7, 11) is 0. The summed E-state index contributed by atoms with van der Waals surface area (Å²) in [5.74, 6) is -1.32. The third-order valence-corrected chi connectivity index (χ3v) is 3.10. The molecule has 2 aromatic rings. The van der Waals surface area contributed by atoms with Crippen molar-refractivity contribution in [3.63, 3.8) is 0 Å². The van der Waals surface area contributed by atoms with Crippen molar-refractivity contribution in [2.75, 3.05) is 0 Å². The largest absolute Gasteiger partial charge is 0.348 e. The maximum Gasteiger partial charge on any atom is 0.274 e. The van der Waals surface area contributed by atoms with Crippen molar-refractivity contribution in [2.24, 2.45) is 0 Å². The lowest BCUT2D eigenvalue weighted by Gasteiger charge is -2.07. The van der Waals surface area contributed by atoms with Crippen molar-refractivity contribution in [3.05, 3.63) is 69.5 Å². The van der Waals surface area contributed by atoms with Crippen molar-refractivity contribution < 1.29 is 14.1 Å². The zero-order valence-electron chi connectivity index (χ0n) is 10.7. The Labute approximate surface area is 125 Å². The lowest BCUT2D eigenvalue weighted by Crippen LogP contribution is -2.24. The molecule has 5 nitrogen and oxygen atoms in total. The molecule has 0 atom stereocenters. The van der Waals surface area contributed by atoms with Crippen molar-refractivity contribution in [3.8, 4) is 0 Å². The highest BCUT2D eigenvalue weighted by Crippen LogP contribution is 2.18. The normalized spacial score (nSPS) is 10.2. The van der Waals surface area contributed by atoms with Gasteiger partial charge in [-0.3, -0.25) is 14.9 Å². The van der Waals surface area contributed by atoms with Gasteiger partial charge in [0.25, 0.3) is 11.6 Å². The summed E-state index contributed by atoms with van der Waals surface area (Å²) in [6.45, 7) is -0.0633. The van der Waals surface area contributed by atoms with Gasteiger partial charge >= 0.3 is 0 Å². The minimum Gasteiger partial charge on any atom is -0.348 e. The van der Waals surface area contributed by atoms with Gasteiger partial charge in [-0.25, -0.2) is 4.39 Å². The summed E-state index contributed by atoms with van der Waals surface area (Å²) in [6.07, 6.45) is 0. The van der Waals surface area contributed by atoms with Gasteiger partial charge in [0.15, 0.2) is 0 Å². The number of hydrogen-bond acceptors (Lipinski definition) is 4. The number of nitrogens with zero attached hydrogens (tertiary/aromatic N) is 1. The number of nitrogens with one attached hydrogen (secondary N) is 1. The fourth-order valence-corrected chi connectivity index (χ4v) is 2.00. The molecule has 0 heterocycles. The first-order valence-electron chi connectivity index (χ1n) is 5.98. The van der Waals surface area contributed by atoms with Crippen molar-refractivity contribution >= 4 is 24.2 Å². The Morgan fingerprint density at radius 1 is 1.29 bits per heavy atom. The molecule has 0 unspecified atom stereocenters. The van der Waals surface area contributed by atoms with Crippen LogP contribution in [-0.2, 0) is 6.54 Å². The molecule has 2 rings (SSSR count). The van der Waals surface area contributed by atoms with Crippen molar-refractivity contribution in [1.82, 2.24) is 5.32 Å². The van der Waals surface area contributed by atoms with Crippen LogP contribution in [0.1, 0.15) is 15.9 Å². The monoisotopic (exact) mass is 306 g/mol. The van der Waals surface area contributed by atoms with Gasteiger partial charge in [0, 0.05) is 23.1 Å². The number of hydrogen-bond donors (Lipinski definition) is 2. The molecular formula is C14H11FN2O3S. The number of nitro groups is 1. The van der Waals surface area contributed by atoms with E-state index in [1.807, 2.05) is 0 Å². The zero-order valence-corrected chi connectivity index (χ0v) is 11.6. The minimum absolute atomic E-state index is 0.0633. The molecule has 0 saturated heterocycles. The molecule has 108 valence electrons. The van der Waals surface area contributed by atoms with E-state index in [0.29, 0.717) is 10.5 Å². The Kier molecular flexibility index (Phi) is 4.54. The number of nitro benzene ring substituents is 1. The highest BCUT2D eigenvalue weighted by Gasteiger charge is 2.15. The average molecular weight is 306 g/mol. The number of amides is 1. The molecule has 0 radical (unpaired) electrons. The molecule has 21 heavy (non-hydrogen) atoms. The maximum absolute atomic E-state index is 13.6. The number of para-hydroxylation sites is 1. The third-order valence-electron chi connectivity index (χ3n) is 2.82. The molecule has 0 aromatic heterocycles. The summed E-state index contributed by atoms with van der Waals surface area (Å²) in [5.41, 5.74) is 0.0978. The highest BCUT2D eigenvalue weighted by atomic mass is 32.1. The van der Waals surface area contributed by atoms with Crippen molar-refractivity contribution in [1.29, 1.82) is 0 Å². The Morgan fingerprint density at radius 3 is 2.71 bits per heavy atom. The van der Waals surface area contributed by atoms with E-state index < -0.39 is 16.6 Å². The van der Waals surface area contributed by atoms with Crippen LogP contribution >= 0.6 is 12.6 Å². The SMILES string of the molecule is O=C(NCc1ccccc1[N+](=O)[O-])c1cc(S)ccc1F. The Balaban J connectivity index is 2.15. The fraction of sp³-hybridized carbons (Fsp3) is 0.0714. The second-order valence-electron chi connectivity index (χ2n) is 4.23. The van der Waals surface area contributed by atoms with Gasteiger partial charge in [-0.15, -0.1) is 12.6 Å². The van der Waals surface area contributed by atoms with Crippen LogP contribution in [0.2, 0.25) is 0 Å². The van der Waals surface area contributed by atoms with E-state index in [-0.39, 0.29) is 17.8 Å². The van der Waals surface area contributed by atoms with E-state index in [9.17, 15) is 19.3 Å². The van der Waals surface area contributed by atoms with Crippen LogP contribution in [0.25, 0.3) is 0 Å². The first-order valence-corrected chi connectivity index (χ1v) is 6.43. The van der Waals surface area contributed by atoms with Gasteiger partial charge in [-0.05, 0) is 18.2 Å². The van der Waals surface area contributed by atoms with Gasteiger partial charge in [0.2, 0.25) is 0 Å². The quantitative estimate of drug-likeness (QED) is 0.518. The van der Waals surface area contributed by atoms with E-state index >= 15 is 0 Å². The molecule has 0 fully saturated rings. The standard InChI is InChI=1S/C14H11FN2O3S/c15-12-6-5-10(21)7-11(12)14(18)16-8-9-3-1-2-4-13(9)17(19)20/h1-7,21H,8H2,(H,16,18). The van der Waals surface area contributed by atoms with Gasteiger partial charge < -0.3 is 5.32 Å². The van der Waals surface area contributed by atoms with Crippen LogP contribution in [0.5, 0.6) is 0 Å². The maximum atomic E-state index is 13.6. The lowest BCUT2D eigenvalue weighted by atomic mass is 10.1. The van der Waals surface area contributed by atoms with E-state index in [4.69, 9.17) is 0 Å². The molecule has 2 aromatic carbocycles. The Morgan fingerprint density at radius 2 is 2.00 bits per heavy atom. The smallest absolute Gasteiger partial charge is 0.274 e. The van der Waals surface area contributed by atoms with Crippen LogP contribution in [0.3, 0.4) is 0 Å². The third kappa shape index (κ3) is 3.57. The van der Waals surface area contributed by atoms with Gasteiger partial charge in [-0.2, -0.15) is 0 Å². The molecule has 0 aliphatic rings. The van der Waals surface area contributed by atoms with Crippen molar-refractivity contribution in [2.45, 2.75) is 11.4 Å². The summed E-state index contributed by atoms with van der Waals surface area (Å²) in [5, 5.41) is 13.3. The highest BCUT2D eigenvalue weighted by molar-refractivity contribution is 7.80. The molecule has 0 aliphatic carbocycles. The number of thiol groups is 1. The van der Waals surface area contributed by atoms with Crippen LogP contribution < -0.4 is 5.32 Å². The molecule has 0 spiro atoms.